The molecule has 0 saturated heterocycles. The molecule has 80 valence electrons. The molecule has 0 rings (SSSR count). The lowest BCUT2D eigenvalue weighted by molar-refractivity contribution is 0.376. The van der Waals surface area contributed by atoms with E-state index in [1.165, 1.54) is 25.7 Å². The Labute approximate surface area is 88.2 Å². The van der Waals surface area contributed by atoms with Crippen molar-refractivity contribution in [3.05, 3.63) is 0 Å². The van der Waals surface area contributed by atoms with Crippen LogP contribution < -0.4 is 5.32 Å². The number of rotatable bonds is 7. The first-order valence-electron chi connectivity index (χ1n) is 5.39. The van der Waals surface area contributed by atoms with Crippen molar-refractivity contribution in [1.29, 1.82) is 0 Å². The van der Waals surface area contributed by atoms with Crippen molar-refractivity contribution in [1.82, 2.24) is 5.32 Å². The summed E-state index contributed by atoms with van der Waals surface area (Å²) in [4.78, 5) is 0. The van der Waals surface area contributed by atoms with Gasteiger partial charge in [0.25, 0.3) is 0 Å². The van der Waals surface area contributed by atoms with Crippen molar-refractivity contribution < 1.29 is 0 Å². The fourth-order valence-electron chi connectivity index (χ4n) is 1.10. The van der Waals surface area contributed by atoms with Gasteiger partial charge in [0.05, 0.1) is 0 Å². The minimum Gasteiger partial charge on any atom is -0.310 e. The van der Waals surface area contributed by atoms with Crippen LogP contribution in [-0.4, -0.2) is 17.5 Å². The molecule has 1 nitrogen and oxygen atoms in total. The largest absolute Gasteiger partial charge is 0.310 e. The summed E-state index contributed by atoms with van der Waals surface area (Å²) in [5.74, 6) is 0. The van der Waals surface area contributed by atoms with E-state index in [4.69, 9.17) is 11.6 Å². The van der Waals surface area contributed by atoms with Crippen LogP contribution in [0.2, 0.25) is 0 Å². The van der Waals surface area contributed by atoms with Crippen LogP contribution in [0.3, 0.4) is 0 Å². The summed E-state index contributed by atoms with van der Waals surface area (Å²) in [6.45, 7) is 9.68. The summed E-state index contributed by atoms with van der Waals surface area (Å²) < 4.78 is 0. The van der Waals surface area contributed by atoms with E-state index < -0.39 is 0 Å². The minimum absolute atomic E-state index is 0.0633. The van der Waals surface area contributed by atoms with E-state index >= 15 is 0 Å². The molecule has 0 aliphatic heterocycles. The second-order valence-corrected chi connectivity index (χ2v) is 4.98. The molecular formula is C11H24ClN. The van der Waals surface area contributed by atoms with Crippen LogP contribution in [0.15, 0.2) is 0 Å². The Bertz CT molecular complexity index is 121. The zero-order chi connectivity index (χ0) is 10.3. The monoisotopic (exact) mass is 205 g/mol. The van der Waals surface area contributed by atoms with Gasteiger partial charge in [0.15, 0.2) is 0 Å². The van der Waals surface area contributed by atoms with Crippen molar-refractivity contribution >= 4 is 11.6 Å². The van der Waals surface area contributed by atoms with Crippen molar-refractivity contribution in [3.8, 4) is 0 Å². The fraction of sp³-hybridized carbons (Fsp3) is 1.00. The highest BCUT2D eigenvalue weighted by molar-refractivity contribution is 6.21. The molecule has 0 fully saturated rings. The number of unbranched alkanes of at least 4 members (excludes halogenated alkanes) is 3. The summed E-state index contributed by atoms with van der Waals surface area (Å²) in [5.41, 5.74) is 0.0633. The van der Waals surface area contributed by atoms with Crippen LogP contribution in [0.4, 0.5) is 0 Å². The maximum absolute atomic E-state index is 6.05. The van der Waals surface area contributed by atoms with Gasteiger partial charge < -0.3 is 5.32 Å². The fourth-order valence-corrected chi connectivity index (χ4v) is 1.18. The number of halogens is 1. The third-order valence-electron chi connectivity index (χ3n) is 2.61. The smallest absolute Gasteiger partial charge is 0.0484 e. The van der Waals surface area contributed by atoms with Crippen LogP contribution in [0.5, 0.6) is 0 Å². The van der Waals surface area contributed by atoms with Crippen molar-refractivity contribution in [2.75, 3.05) is 6.54 Å². The molecule has 0 saturated carbocycles. The molecule has 1 unspecified atom stereocenters. The predicted molar refractivity (Wildman–Crippen MR) is 61.5 cm³/mol. The molecule has 1 atom stereocenters. The Morgan fingerprint density at radius 1 is 1.23 bits per heavy atom. The second-order valence-electron chi connectivity index (χ2n) is 4.33. The molecule has 0 radical (unpaired) electrons. The molecule has 0 amide bonds. The molecule has 0 aliphatic rings. The lowest BCUT2D eigenvalue weighted by Crippen LogP contribution is -2.46. The summed E-state index contributed by atoms with van der Waals surface area (Å²) in [7, 11) is 0. The quantitative estimate of drug-likeness (QED) is 0.495. The van der Waals surface area contributed by atoms with Gasteiger partial charge in [-0.3, -0.25) is 0 Å². The van der Waals surface area contributed by atoms with Crippen LogP contribution in [0.25, 0.3) is 0 Å². The average Bonchev–Trinajstić information content (AvgIpc) is 2.03. The molecule has 0 aliphatic carbocycles. The molecular weight excluding hydrogens is 182 g/mol. The number of alkyl halides is 1. The Hall–Kier alpha value is 0.250. The van der Waals surface area contributed by atoms with Crippen LogP contribution in [0, 0.1) is 0 Å². The zero-order valence-corrected chi connectivity index (χ0v) is 10.2. The van der Waals surface area contributed by atoms with Gasteiger partial charge in [0.2, 0.25) is 0 Å². The third-order valence-corrected chi connectivity index (χ3v) is 3.15. The molecule has 0 heterocycles. The summed E-state index contributed by atoms with van der Waals surface area (Å²) in [6, 6.07) is 0. The van der Waals surface area contributed by atoms with Gasteiger partial charge in [-0.1, -0.05) is 26.2 Å². The standard InChI is InChI=1S/C11H24ClN/c1-5-6-7-8-9-13-11(3,4)10(2)12/h10,13H,5-9H2,1-4H3. The van der Waals surface area contributed by atoms with Crippen LogP contribution in [0.1, 0.15) is 53.4 Å². The van der Waals surface area contributed by atoms with E-state index in [2.05, 4.69) is 26.1 Å². The minimum atomic E-state index is 0.0633. The highest BCUT2D eigenvalue weighted by Gasteiger charge is 2.22. The van der Waals surface area contributed by atoms with Gasteiger partial charge in [0, 0.05) is 10.9 Å². The van der Waals surface area contributed by atoms with Gasteiger partial charge in [0.1, 0.15) is 0 Å². The molecule has 0 bridgehead atoms. The van der Waals surface area contributed by atoms with Crippen LogP contribution in [-0.2, 0) is 0 Å². The summed E-state index contributed by atoms with van der Waals surface area (Å²) in [6.07, 6.45) is 5.24. The van der Waals surface area contributed by atoms with Gasteiger partial charge in [-0.25, -0.2) is 0 Å². The Balaban J connectivity index is 3.41. The average molecular weight is 206 g/mol. The van der Waals surface area contributed by atoms with Crippen molar-refractivity contribution in [2.45, 2.75) is 64.3 Å². The number of hydrogen-bond acceptors (Lipinski definition) is 1. The highest BCUT2D eigenvalue weighted by Crippen LogP contribution is 2.14. The first-order valence-corrected chi connectivity index (χ1v) is 5.83. The topological polar surface area (TPSA) is 12.0 Å². The van der Waals surface area contributed by atoms with Crippen molar-refractivity contribution in [2.24, 2.45) is 0 Å². The first-order chi connectivity index (χ1) is 6.00. The van der Waals surface area contributed by atoms with Gasteiger partial charge in [-0.15, -0.1) is 11.6 Å². The summed E-state index contributed by atoms with van der Waals surface area (Å²) >= 11 is 6.05. The first kappa shape index (κ1) is 13.2. The maximum atomic E-state index is 6.05. The van der Waals surface area contributed by atoms with E-state index in [0.717, 1.165) is 6.54 Å². The normalized spacial score (nSPS) is 14.5. The van der Waals surface area contributed by atoms with E-state index in [9.17, 15) is 0 Å². The molecule has 0 spiro atoms. The Morgan fingerprint density at radius 2 is 1.85 bits per heavy atom. The Kier molecular flexibility index (Phi) is 6.79. The number of nitrogens with one attached hydrogen (secondary N) is 1. The highest BCUT2D eigenvalue weighted by atomic mass is 35.5. The molecule has 2 heteroatoms. The second kappa shape index (κ2) is 6.67. The Morgan fingerprint density at radius 3 is 2.31 bits per heavy atom. The van der Waals surface area contributed by atoms with E-state index in [1.807, 2.05) is 6.92 Å². The molecule has 13 heavy (non-hydrogen) atoms. The zero-order valence-electron chi connectivity index (χ0n) is 9.49. The SMILES string of the molecule is CCCCCCNC(C)(C)C(C)Cl. The lowest BCUT2D eigenvalue weighted by Gasteiger charge is -2.29. The predicted octanol–water partition coefficient (Wildman–Crippen LogP) is 3.56. The number of hydrogen-bond donors (Lipinski definition) is 1. The molecule has 0 aromatic carbocycles. The maximum Gasteiger partial charge on any atom is 0.0484 e. The molecule has 0 aromatic heterocycles. The molecule has 1 N–H and O–H groups in total. The molecule has 0 aromatic rings. The van der Waals surface area contributed by atoms with E-state index in [1.54, 1.807) is 0 Å². The van der Waals surface area contributed by atoms with Gasteiger partial charge in [-0.2, -0.15) is 0 Å². The third kappa shape index (κ3) is 6.34. The van der Waals surface area contributed by atoms with Crippen molar-refractivity contribution in [3.63, 3.8) is 0 Å². The van der Waals surface area contributed by atoms with Gasteiger partial charge >= 0.3 is 0 Å². The van der Waals surface area contributed by atoms with E-state index in [0.29, 0.717) is 0 Å². The van der Waals surface area contributed by atoms with Gasteiger partial charge in [-0.05, 0) is 33.7 Å². The van der Waals surface area contributed by atoms with Crippen LogP contribution >= 0.6 is 11.6 Å². The lowest BCUT2D eigenvalue weighted by atomic mass is 10.0. The summed E-state index contributed by atoms with van der Waals surface area (Å²) in [5, 5.41) is 3.66. The van der Waals surface area contributed by atoms with E-state index in [-0.39, 0.29) is 10.9 Å².